The summed E-state index contributed by atoms with van der Waals surface area (Å²) in [6, 6.07) is 0. The topological polar surface area (TPSA) is 55.1 Å². The summed E-state index contributed by atoms with van der Waals surface area (Å²) in [6.45, 7) is 6.67. The van der Waals surface area contributed by atoms with Gasteiger partial charge in [-0.2, -0.15) is 0 Å². The molecule has 2 atom stereocenters. The maximum absolute atomic E-state index is 11.7. The van der Waals surface area contributed by atoms with Crippen LogP contribution in [0.4, 0.5) is 0 Å². The van der Waals surface area contributed by atoms with Crippen LogP contribution in [0.1, 0.15) is 40.0 Å². The molecule has 3 fully saturated rings. The Morgan fingerprint density at radius 3 is 2.23 bits per heavy atom. The Bertz CT molecular complexity index is 274. The predicted molar refractivity (Wildman–Crippen MR) is 50.5 cm³/mol. The molecule has 0 unspecified atom stereocenters. The molecule has 0 aromatic carbocycles. The third kappa shape index (κ3) is 0.688. The second kappa shape index (κ2) is 2.08. The minimum atomic E-state index is -0.170. The number of rotatable bonds is 1. The molecule has 2 bridgehead atoms. The largest absolute Gasteiger partial charge is 0.294 e. The summed E-state index contributed by atoms with van der Waals surface area (Å²) in [5.74, 6) is 5.26. The van der Waals surface area contributed by atoms with Gasteiger partial charge in [-0.3, -0.25) is 10.2 Å². The van der Waals surface area contributed by atoms with Gasteiger partial charge >= 0.3 is 0 Å². The van der Waals surface area contributed by atoms with Crippen LogP contribution in [0.15, 0.2) is 0 Å². The highest BCUT2D eigenvalue weighted by atomic mass is 16.2. The maximum atomic E-state index is 11.7. The fourth-order valence-electron chi connectivity index (χ4n) is 3.49. The van der Waals surface area contributed by atoms with Gasteiger partial charge in [-0.25, -0.2) is 5.84 Å². The first-order valence-corrected chi connectivity index (χ1v) is 4.91. The van der Waals surface area contributed by atoms with Crippen LogP contribution >= 0.6 is 0 Å². The number of nitrogens with two attached hydrogens (primary N) is 1. The summed E-state index contributed by atoms with van der Waals surface area (Å²) in [7, 11) is 0. The maximum Gasteiger partial charge on any atom is 0.240 e. The monoisotopic (exact) mass is 182 g/mol. The van der Waals surface area contributed by atoms with Crippen LogP contribution in [-0.4, -0.2) is 5.91 Å². The molecule has 1 amide bonds. The van der Waals surface area contributed by atoms with Crippen LogP contribution in [0.3, 0.4) is 0 Å². The number of nitrogens with one attached hydrogen (secondary N) is 1. The molecule has 0 aromatic rings. The SMILES string of the molecule is CC1(C)[C@]2(C)CC[C@]1(C(=O)NN)C2. The molecule has 3 nitrogen and oxygen atoms in total. The Balaban J connectivity index is 2.35. The Morgan fingerprint density at radius 1 is 1.31 bits per heavy atom. The number of hydrogen-bond acceptors (Lipinski definition) is 2. The number of carbonyl (C=O) groups excluding carboxylic acids is 1. The molecule has 3 aliphatic rings. The quantitative estimate of drug-likeness (QED) is 0.363. The summed E-state index contributed by atoms with van der Waals surface area (Å²) < 4.78 is 0. The zero-order chi connectivity index (χ0) is 9.91. The molecule has 3 saturated carbocycles. The van der Waals surface area contributed by atoms with Crippen LogP contribution in [-0.2, 0) is 4.79 Å². The molecule has 74 valence electrons. The van der Waals surface area contributed by atoms with Gasteiger partial charge in [0.15, 0.2) is 0 Å². The third-order valence-corrected chi connectivity index (χ3v) is 5.07. The number of fused-ring (bicyclic) bond motifs is 1. The summed E-state index contributed by atoms with van der Waals surface area (Å²) in [5, 5.41) is 0. The smallest absolute Gasteiger partial charge is 0.240 e. The summed E-state index contributed by atoms with van der Waals surface area (Å²) >= 11 is 0. The standard InChI is InChI=1S/C10H18N2O/c1-8(2)9(3)4-5-10(8,6-9)7(13)12-11/h4-6,11H2,1-3H3,(H,12,13)/t9-,10-/m1/s1. The molecule has 0 spiro atoms. The first kappa shape index (κ1) is 9.00. The zero-order valence-electron chi connectivity index (χ0n) is 8.61. The highest BCUT2D eigenvalue weighted by Crippen LogP contribution is 2.77. The molecule has 3 rings (SSSR count). The van der Waals surface area contributed by atoms with Crippen molar-refractivity contribution in [2.75, 3.05) is 0 Å². The normalized spacial score (nSPS) is 45.5. The second-order valence-corrected chi connectivity index (χ2v) is 5.42. The van der Waals surface area contributed by atoms with E-state index in [-0.39, 0.29) is 16.7 Å². The van der Waals surface area contributed by atoms with Crippen molar-refractivity contribution in [2.45, 2.75) is 40.0 Å². The molecule has 13 heavy (non-hydrogen) atoms. The van der Waals surface area contributed by atoms with Gasteiger partial charge in [0.2, 0.25) is 5.91 Å². The van der Waals surface area contributed by atoms with Crippen LogP contribution in [0.5, 0.6) is 0 Å². The van der Waals surface area contributed by atoms with Gasteiger partial charge in [-0.05, 0) is 30.1 Å². The second-order valence-electron chi connectivity index (χ2n) is 5.42. The minimum Gasteiger partial charge on any atom is -0.294 e. The van der Waals surface area contributed by atoms with Gasteiger partial charge in [-0.15, -0.1) is 0 Å². The first-order valence-electron chi connectivity index (χ1n) is 4.91. The average Bonchev–Trinajstić information content (AvgIpc) is 2.54. The zero-order valence-corrected chi connectivity index (χ0v) is 8.61. The highest BCUT2D eigenvalue weighted by Gasteiger charge is 2.74. The Morgan fingerprint density at radius 2 is 1.92 bits per heavy atom. The number of hydrazine groups is 1. The van der Waals surface area contributed by atoms with Gasteiger partial charge in [0.05, 0.1) is 5.41 Å². The van der Waals surface area contributed by atoms with Crippen molar-refractivity contribution in [1.82, 2.24) is 5.43 Å². The van der Waals surface area contributed by atoms with Crippen LogP contribution in [0.2, 0.25) is 0 Å². The molecule has 3 heteroatoms. The van der Waals surface area contributed by atoms with Crippen molar-refractivity contribution in [3.63, 3.8) is 0 Å². The van der Waals surface area contributed by atoms with Crippen LogP contribution in [0.25, 0.3) is 0 Å². The van der Waals surface area contributed by atoms with E-state index in [0.29, 0.717) is 5.41 Å². The van der Waals surface area contributed by atoms with Crippen molar-refractivity contribution in [2.24, 2.45) is 22.1 Å². The van der Waals surface area contributed by atoms with Gasteiger partial charge in [0, 0.05) is 0 Å². The lowest BCUT2D eigenvalue weighted by molar-refractivity contribution is -0.166. The summed E-state index contributed by atoms with van der Waals surface area (Å²) in [4.78, 5) is 11.7. The van der Waals surface area contributed by atoms with E-state index in [1.54, 1.807) is 0 Å². The van der Waals surface area contributed by atoms with Gasteiger partial charge in [0.1, 0.15) is 0 Å². The lowest BCUT2D eigenvalue weighted by Crippen LogP contribution is -2.62. The Hall–Kier alpha value is -0.570. The average molecular weight is 182 g/mol. The molecule has 0 saturated heterocycles. The van der Waals surface area contributed by atoms with E-state index in [1.807, 2.05) is 0 Å². The van der Waals surface area contributed by atoms with E-state index in [2.05, 4.69) is 26.2 Å². The molecule has 0 aliphatic heterocycles. The van der Waals surface area contributed by atoms with E-state index in [0.717, 1.165) is 19.3 Å². The first-order chi connectivity index (χ1) is 5.90. The van der Waals surface area contributed by atoms with Crippen molar-refractivity contribution >= 4 is 5.91 Å². The van der Waals surface area contributed by atoms with Crippen molar-refractivity contribution in [3.05, 3.63) is 0 Å². The third-order valence-electron chi connectivity index (χ3n) is 5.07. The molecule has 0 heterocycles. The molecular weight excluding hydrogens is 164 g/mol. The molecule has 0 radical (unpaired) electrons. The summed E-state index contributed by atoms with van der Waals surface area (Å²) in [6.07, 6.45) is 3.17. The van der Waals surface area contributed by atoms with E-state index < -0.39 is 0 Å². The van der Waals surface area contributed by atoms with E-state index in [4.69, 9.17) is 5.84 Å². The molecule has 0 aromatic heterocycles. The number of amides is 1. The Labute approximate surface area is 79.0 Å². The fourth-order valence-corrected chi connectivity index (χ4v) is 3.49. The van der Waals surface area contributed by atoms with Crippen LogP contribution in [0, 0.1) is 16.2 Å². The van der Waals surface area contributed by atoms with Crippen LogP contribution < -0.4 is 11.3 Å². The minimum absolute atomic E-state index is 0.0347. The van der Waals surface area contributed by atoms with Crippen molar-refractivity contribution in [3.8, 4) is 0 Å². The van der Waals surface area contributed by atoms with E-state index in [9.17, 15) is 4.79 Å². The van der Waals surface area contributed by atoms with E-state index in [1.165, 1.54) is 0 Å². The van der Waals surface area contributed by atoms with E-state index >= 15 is 0 Å². The summed E-state index contributed by atoms with van der Waals surface area (Å²) in [5.41, 5.74) is 2.62. The molecule has 3 N–H and O–H groups in total. The lowest BCUT2D eigenvalue weighted by Gasteiger charge is -2.60. The predicted octanol–water partition coefficient (Wildman–Crippen LogP) is 1.19. The van der Waals surface area contributed by atoms with Crippen molar-refractivity contribution < 1.29 is 4.79 Å². The van der Waals surface area contributed by atoms with Crippen molar-refractivity contribution in [1.29, 1.82) is 0 Å². The number of carbonyl (C=O) groups is 1. The fraction of sp³-hybridized carbons (Fsp3) is 0.900. The van der Waals surface area contributed by atoms with Gasteiger partial charge < -0.3 is 0 Å². The molecule has 3 aliphatic carbocycles. The van der Waals surface area contributed by atoms with Gasteiger partial charge in [-0.1, -0.05) is 20.8 Å². The lowest BCUT2D eigenvalue weighted by atomic mass is 9.43. The highest BCUT2D eigenvalue weighted by molar-refractivity contribution is 5.85. The Kier molecular flexibility index (Phi) is 1.44. The molecular formula is C10H18N2O. The van der Waals surface area contributed by atoms with Gasteiger partial charge in [0.25, 0.3) is 0 Å². The number of hydrogen-bond donors (Lipinski definition) is 2.